The summed E-state index contributed by atoms with van der Waals surface area (Å²) in [5.41, 5.74) is 5.23. The predicted molar refractivity (Wildman–Crippen MR) is 123 cm³/mol. The van der Waals surface area contributed by atoms with Gasteiger partial charge >= 0.3 is 0 Å². The lowest BCUT2D eigenvalue weighted by molar-refractivity contribution is -0.151. The molecule has 4 N–H and O–H groups in total. The van der Waals surface area contributed by atoms with Crippen LogP contribution in [0.2, 0.25) is 0 Å². The first-order chi connectivity index (χ1) is 15.1. The van der Waals surface area contributed by atoms with E-state index >= 15 is 0 Å². The fourth-order valence-corrected chi connectivity index (χ4v) is 3.41. The van der Waals surface area contributed by atoms with Crippen LogP contribution in [0.15, 0.2) is 36.4 Å². The first-order valence-corrected chi connectivity index (χ1v) is 11.0. The highest BCUT2D eigenvalue weighted by atomic mass is 16.5. The van der Waals surface area contributed by atoms with Gasteiger partial charge in [-0.3, -0.25) is 30.0 Å². The zero-order valence-corrected chi connectivity index (χ0v) is 19.6. The van der Waals surface area contributed by atoms with Gasteiger partial charge < -0.3 is 5.11 Å². The van der Waals surface area contributed by atoms with Crippen molar-refractivity contribution in [3.63, 3.8) is 0 Å². The molecule has 0 aliphatic rings. The molecule has 0 radical (unpaired) electrons. The average Bonchev–Trinajstić information content (AvgIpc) is 2.74. The molecule has 178 valence electrons. The van der Waals surface area contributed by atoms with Crippen molar-refractivity contribution in [2.75, 3.05) is 6.54 Å². The summed E-state index contributed by atoms with van der Waals surface area (Å²) >= 11 is 0. The number of hydrogen-bond acceptors (Lipinski definition) is 5. The molecule has 0 aromatic heterocycles. The van der Waals surface area contributed by atoms with Crippen molar-refractivity contribution in [2.24, 2.45) is 23.7 Å². The van der Waals surface area contributed by atoms with Crippen LogP contribution >= 0.6 is 0 Å². The van der Waals surface area contributed by atoms with Crippen LogP contribution in [0.3, 0.4) is 0 Å². The third-order valence-electron chi connectivity index (χ3n) is 4.91. The minimum Gasteiger partial charge on any atom is -0.383 e. The number of hydrazine groups is 1. The lowest BCUT2D eigenvalue weighted by Crippen LogP contribution is -2.54. The summed E-state index contributed by atoms with van der Waals surface area (Å²) in [7, 11) is 0. The Bertz CT molecular complexity index is 762. The molecule has 3 amide bonds. The Morgan fingerprint density at radius 1 is 0.969 bits per heavy atom. The summed E-state index contributed by atoms with van der Waals surface area (Å²) in [4.78, 5) is 38.1. The zero-order chi connectivity index (χ0) is 24.3. The minimum atomic E-state index is -1.28. The summed E-state index contributed by atoms with van der Waals surface area (Å²) in [6.45, 7) is 9.19. The Hall–Kier alpha value is -2.71. The van der Waals surface area contributed by atoms with Gasteiger partial charge in [-0.25, -0.2) is 5.48 Å². The molecule has 1 aromatic rings. The van der Waals surface area contributed by atoms with E-state index < -0.39 is 35.7 Å². The van der Waals surface area contributed by atoms with Crippen LogP contribution in [0.5, 0.6) is 0 Å². The number of carbonyl (C=O) groups excluding carboxylic acids is 3. The van der Waals surface area contributed by atoms with Crippen LogP contribution in [0.4, 0.5) is 0 Å². The molecule has 3 atom stereocenters. The molecule has 1 aromatic carbocycles. The topological polar surface area (TPSA) is 119 Å². The van der Waals surface area contributed by atoms with Gasteiger partial charge in [0.25, 0.3) is 5.91 Å². The van der Waals surface area contributed by atoms with E-state index in [4.69, 9.17) is 0 Å². The van der Waals surface area contributed by atoms with E-state index in [0.29, 0.717) is 6.42 Å². The second-order valence-corrected chi connectivity index (χ2v) is 8.86. The minimum absolute atomic E-state index is 0.0480. The number of aliphatic hydroxyl groups is 1. The normalized spacial score (nSPS) is 14.3. The summed E-state index contributed by atoms with van der Waals surface area (Å²) in [5.74, 6) is -3.29. The van der Waals surface area contributed by atoms with E-state index in [9.17, 15) is 24.7 Å². The molecular weight excluding hydrogens is 410 g/mol. The van der Waals surface area contributed by atoms with Gasteiger partial charge in [0.1, 0.15) is 6.10 Å². The summed E-state index contributed by atoms with van der Waals surface area (Å²) < 4.78 is 0. The quantitative estimate of drug-likeness (QED) is 0.307. The number of carbonyl (C=O) groups is 3. The van der Waals surface area contributed by atoms with E-state index in [1.807, 2.05) is 64.1 Å². The van der Waals surface area contributed by atoms with Crippen molar-refractivity contribution >= 4 is 23.8 Å². The summed E-state index contributed by atoms with van der Waals surface area (Å²) in [6, 6.07) is 9.53. The molecule has 32 heavy (non-hydrogen) atoms. The largest absolute Gasteiger partial charge is 0.383 e. The van der Waals surface area contributed by atoms with Crippen molar-refractivity contribution in [1.29, 1.82) is 0 Å². The standard InChI is InChI=1S/C24H37N3O5/c1-16(2)14-21(22(29)25-27(15-17(3)4)24(31)18(5)28)20(23(30)26-32)13-9-12-19-10-7-6-8-11-19/h6-12,16-18,20-21,28,32H,13-15H2,1-5H3,(H,25,29)(H,26,30)/b12-9+/t18-,20+,21-/m1/s1. The number of nitrogens with zero attached hydrogens (tertiary/aromatic N) is 1. The second-order valence-electron chi connectivity index (χ2n) is 8.86. The van der Waals surface area contributed by atoms with E-state index in [2.05, 4.69) is 5.43 Å². The molecular formula is C24H37N3O5. The van der Waals surface area contributed by atoms with Gasteiger partial charge in [0.05, 0.1) is 11.8 Å². The molecule has 1 rings (SSSR count). The van der Waals surface area contributed by atoms with E-state index in [1.54, 1.807) is 11.6 Å². The molecule has 8 nitrogen and oxygen atoms in total. The predicted octanol–water partition coefficient (Wildman–Crippen LogP) is 2.77. The number of allylic oxidation sites excluding steroid dienone is 1. The number of benzene rings is 1. The molecule has 0 spiro atoms. The number of hydroxylamine groups is 1. The highest BCUT2D eigenvalue weighted by Crippen LogP contribution is 2.25. The van der Waals surface area contributed by atoms with Crippen LogP contribution in [0, 0.1) is 23.7 Å². The van der Waals surface area contributed by atoms with Crippen molar-refractivity contribution in [3.05, 3.63) is 42.0 Å². The SMILES string of the molecule is CC(C)C[C@@H](C(=O)NN(CC(C)C)C(=O)[C@@H](C)O)[C@H](C/C=C/c1ccccc1)C(=O)NO. The monoisotopic (exact) mass is 447 g/mol. The van der Waals surface area contributed by atoms with Crippen molar-refractivity contribution < 1.29 is 24.7 Å². The first kappa shape index (κ1) is 27.3. The van der Waals surface area contributed by atoms with Crippen molar-refractivity contribution in [2.45, 2.75) is 53.6 Å². The maximum absolute atomic E-state index is 13.2. The Labute approximate surface area is 190 Å². The number of rotatable bonds is 11. The Morgan fingerprint density at radius 2 is 1.59 bits per heavy atom. The fraction of sp³-hybridized carbons (Fsp3) is 0.542. The first-order valence-electron chi connectivity index (χ1n) is 11.0. The van der Waals surface area contributed by atoms with Crippen LogP contribution in [0.1, 0.15) is 53.0 Å². The smallest absolute Gasteiger partial charge is 0.269 e. The Morgan fingerprint density at radius 3 is 2.09 bits per heavy atom. The molecule has 8 heteroatoms. The maximum atomic E-state index is 13.2. The number of hydrogen-bond donors (Lipinski definition) is 4. The van der Waals surface area contributed by atoms with E-state index in [-0.39, 0.29) is 24.8 Å². The van der Waals surface area contributed by atoms with Gasteiger partial charge in [-0.15, -0.1) is 0 Å². The zero-order valence-electron chi connectivity index (χ0n) is 19.6. The van der Waals surface area contributed by atoms with Gasteiger partial charge in [0.2, 0.25) is 11.8 Å². The fourth-order valence-electron chi connectivity index (χ4n) is 3.41. The van der Waals surface area contributed by atoms with E-state index in [0.717, 1.165) is 10.6 Å². The van der Waals surface area contributed by atoms with Gasteiger partial charge in [0, 0.05) is 6.54 Å². The number of amides is 3. The van der Waals surface area contributed by atoms with Crippen molar-refractivity contribution in [3.8, 4) is 0 Å². The molecule has 0 saturated heterocycles. The average molecular weight is 448 g/mol. The van der Waals surface area contributed by atoms with Crippen LogP contribution in [-0.2, 0) is 14.4 Å². The molecule has 0 saturated carbocycles. The molecule has 0 bridgehead atoms. The van der Waals surface area contributed by atoms with Crippen LogP contribution in [0.25, 0.3) is 6.08 Å². The molecule has 0 unspecified atom stereocenters. The molecule has 0 fully saturated rings. The number of nitrogens with one attached hydrogen (secondary N) is 2. The Kier molecular flexibility index (Phi) is 11.7. The summed E-state index contributed by atoms with van der Waals surface area (Å²) in [5, 5.41) is 20.1. The number of aliphatic hydroxyl groups excluding tert-OH is 1. The van der Waals surface area contributed by atoms with E-state index in [1.165, 1.54) is 6.92 Å². The van der Waals surface area contributed by atoms with Crippen LogP contribution in [-0.4, -0.2) is 45.7 Å². The lowest BCUT2D eigenvalue weighted by Gasteiger charge is -2.31. The Balaban J connectivity index is 3.13. The second kappa shape index (κ2) is 13.6. The van der Waals surface area contributed by atoms with Gasteiger partial charge in [-0.1, -0.05) is 70.2 Å². The molecule has 0 heterocycles. The third-order valence-corrected chi connectivity index (χ3v) is 4.91. The van der Waals surface area contributed by atoms with Gasteiger partial charge in [0.15, 0.2) is 0 Å². The molecule has 0 aliphatic carbocycles. The molecule has 0 aliphatic heterocycles. The highest BCUT2D eigenvalue weighted by molar-refractivity contribution is 5.89. The van der Waals surface area contributed by atoms with Crippen LogP contribution < -0.4 is 10.9 Å². The highest BCUT2D eigenvalue weighted by Gasteiger charge is 2.35. The third kappa shape index (κ3) is 9.20. The lowest BCUT2D eigenvalue weighted by atomic mass is 9.82. The van der Waals surface area contributed by atoms with Gasteiger partial charge in [-0.05, 0) is 37.2 Å². The van der Waals surface area contributed by atoms with Gasteiger partial charge in [-0.2, -0.15) is 0 Å². The maximum Gasteiger partial charge on any atom is 0.269 e. The van der Waals surface area contributed by atoms with Crippen molar-refractivity contribution in [1.82, 2.24) is 15.9 Å². The summed E-state index contributed by atoms with van der Waals surface area (Å²) in [6.07, 6.45) is 2.97.